The molecule has 0 radical (unpaired) electrons. The van der Waals surface area contributed by atoms with Crippen molar-refractivity contribution in [1.82, 2.24) is 5.32 Å². The van der Waals surface area contributed by atoms with Gasteiger partial charge >= 0.3 is 0 Å². The lowest BCUT2D eigenvalue weighted by Gasteiger charge is -2.03. The molecular weight excluding hydrogens is 258 g/mol. The molecule has 0 heterocycles. The second-order valence-electron chi connectivity index (χ2n) is 5.67. The van der Waals surface area contributed by atoms with Crippen molar-refractivity contribution in [2.24, 2.45) is 0 Å². The fraction of sp³-hybridized carbons (Fsp3) is 0.947. The number of amides is 1. The first-order chi connectivity index (χ1) is 10.3. The Bertz CT molecular complexity index is 192. The minimum Gasteiger partial charge on any atom is -0.359 e. The molecule has 2 heteroatoms. The number of nitrogens with one attached hydrogen (secondary N) is 1. The summed E-state index contributed by atoms with van der Waals surface area (Å²) >= 11 is 0. The molecule has 0 bridgehead atoms. The summed E-state index contributed by atoms with van der Waals surface area (Å²) < 4.78 is 0. The molecule has 0 aromatic heterocycles. The Morgan fingerprint density at radius 1 is 0.667 bits per heavy atom. The van der Waals surface area contributed by atoms with Crippen molar-refractivity contribution in [1.29, 1.82) is 0 Å². The highest BCUT2D eigenvalue weighted by atomic mass is 16.1. The van der Waals surface area contributed by atoms with E-state index in [0.29, 0.717) is 6.42 Å². The number of unbranched alkanes of at least 4 members (excludes halogenated alkanes) is 12. The predicted molar refractivity (Wildman–Crippen MR) is 95.7 cm³/mol. The van der Waals surface area contributed by atoms with Gasteiger partial charge in [-0.25, -0.2) is 0 Å². The van der Waals surface area contributed by atoms with E-state index in [9.17, 15) is 4.79 Å². The minimum absolute atomic E-state index is 0.183. The lowest BCUT2D eigenvalue weighted by molar-refractivity contribution is -0.120. The van der Waals surface area contributed by atoms with E-state index in [4.69, 9.17) is 0 Å². The average Bonchev–Trinajstić information content (AvgIpc) is 2.53. The standard InChI is InChI=1S/C17H35NO.C2H6/c1-3-4-5-6-7-8-9-10-11-12-13-14-15-16-17(19)18-2;1-2/h3-16H2,1-2H3,(H,18,19);1-2H3. The Kier molecular flexibility index (Phi) is 23.6. The van der Waals surface area contributed by atoms with Crippen LogP contribution in [0.2, 0.25) is 0 Å². The average molecular weight is 300 g/mol. The van der Waals surface area contributed by atoms with Gasteiger partial charge in [0, 0.05) is 13.5 Å². The van der Waals surface area contributed by atoms with Crippen molar-refractivity contribution < 1.29 is 4.79 Å². The number of hydrogen-bond donors (Lipinski definition) is 1. The van der Waals surface area contributed by atoms with E-state index in [-0.39, 0.29) is 5.91 Å². The molecule has 0 saturated heterocycles. The molecule has 0 atom stereocenters. The molecule has 0 aliphatic heterocycles. The molecule has 0 aliphatic rings. The van der Waals surface area contributed by atoms with Crippen LogP contribution in [0.25, 0.3) is 0 Å². The Morgan fingerprint density at radius 2 is 1.00 bits per heavy atom. The van der Waals surface area contributed by atoms with E-state index in [2.05, 4.69) is 12.2 Å². The van der Waals surface area contributed by atoms with E-state index >= 15 is 0 Å². The summed E-state index contributed by atoms with van der Waals surface area (Å²) in [4.78, 5) is 11.0. The van der Waals surface area contributed by atoms with Crippen LogP contribution in [0.4, 0.5) is 0 Å². The van der Waals surface area contributed by atoms with Crippen LogP contribution in [-0.4, -0.2) is 13.0 Å². The lowest BCUT2D eigenvalue weighted by Crippen LogP contribution is -2.16. The van der Waals surface area contributed by atoms with Gasteiger partial charge in [0.2, 0.25) is 5.91 Å². The van der Waals surface area contributed by atoms with Gasteiger partial charge in [0.05, 0.1) is 0 Å². The topological polar surface area (TPSA) is 29.1 Å². The third-order valence-electron chi connectivity index (χ3n) is 3.79. The largest absolute Gasteiger partial charge is 0.359 e. The Morgan fingerprint density at radius 3 is 1.33 bits per heavy atom. The summed E-state index contributed by atoms with van der Waals surface area (Å²) in [6.07, 6.45) is 18.3. The van der Waals surface area contributed by atoms with Crippen molar-refractivity contribution in [3.05, 3.63) is 0 Å². The van der Waals surface area contributed by atoms with Crippen LogP contribution in [0, 0.1) is 0 Å². The first kappa shape index (κ1) is 22.7. The van der Waals surface area contributed by atoms with Gasteiger partial charge in [-0.1, -0.05) is 97.8 Å². The smallest absolute Gasteiger partial charge is 0.219 e. The van der Waals surface area contributed by atoms with Crippen molar-refractivity contribution in [2.75, 3.05) is 7.05 Å². The minimum atomic E-state index is 0.183. The summed E-state index contributed by atoms with van der Waals surface area (Å²) in [5.74, 6) is 0.183. The van der Waals surface area contributed by atoms with Gasteiger partial charge in [-0.3, -0.25) is 4.79 Å². The molecule has 128 valence electrons. The quantitative estimate of drug-likeness (QED) is 0.378. The monoisotopic (exact) mass is 299 g/mol. The summed E-state index contributed by atoms with van der Waals surface area (Å²) in [6.45, 7) is 6.27. The number of carbonyl (C=O) groups is 1. The summed E-state index contributed by atoms with van der Waals surface area (Å²) in [5.41, 5.74) is 0. The molecule has 2 nitrogen and oxygen atoms in total. The van der Waals surface area contributed by atoms with Gasteiger partial charge in [0.25, 0.3) is 0 Å². The first-order valence-electron chi connectivity index (χ1n) is 9.51. The summed E-state index contributed by atoms with van der Waals surface area (Å²) in [5, 5.41) is 2.67. The highest BCUT2D eigenvalue weighted by Gasteiger charge is 1.97. The second kappa shape index (κ2) is 21.8. The Labute approximate surface area is 134 Å². The van der Waals surface area contributed by atoms with Gasteiger partial charge in [-0.15, -0.1) is 0 Å². The number of carbonyl (C=O) groups excluding carboxylic acids is 1. The predicted octanol–water partition coefficient (Wildman–Crippen LogP) is 6.24. The van der Waals surface area contributed by atoms with E-state index in [1.165, 1.54) is 77.0 Å². The van der Waals surface area contributed by atoms with Crippen LogP contribution in [-0.2, 0) is 4.79 Å². The van der Waals surface area contributed by atoms with Crippen molar-refractivity contribution in [2.45, 2.75) is 111 Å². The second-order valence-corrected chi connectivity index (χ2v) is 5.67. The van der Waals surface area contributed by atoms with E-state index in [1.54, 1.807) is 7.05 Å². The van der Waals surface area contributed by atoms with Crippen LogP contribution < -0.4 is 5.32 Å². The van der Waals surface area contributed by atoms with Crippen LogP contribution >= 0.6 is 0 Å². The van der Waals surface area contributed by atoms with Crippen LogP contribution in [0.1, 0.15) is 111 Å². The molecule has 0 aromatic carbocycles. The fourth-order valence-corrected chi connectivity index (χ4v) is 2.43. The summed E-state index contributed by atoms with van der Waals surface area (Å²) in [6, 6.07) is 0. The maximum absolute atomic E-state index is 11.0. The van der Waals surface area contributed by atoms with Gasteiger partial charge in [0.15, 0.2) is 0 Å². The fourth-order valence-electron chi connectivity index (χ4n) is 2.43. The Balaban J connectivity index is 0. The molecule has 0 saturated carbocycles. The third-order valence-corrected chi connectivity index (χ3v) is 3.79. The zero-order valence-corrected chi connectivity index (χ0v) is 15.3. The maximum Gasteiger partial charge on any atom is 0.219 e. The molecule has 0 unspecified atom stereocenters. The SMILES string of the molecule is CC.CCCCCCCCCCCCCCCC(=O)NC. The molecule has 0 rings (SSSR count). The molecule has 0 spiro atoms. The van der Waals surface area contributed by atoms with E-state index in [1.807, 2.05) is 13.8 Å². The molecule has 21 heavy (non-hydrogen) atoms. The molecule has 0 aromatic rings. The van der Waals surface area contributed by atoms with Crippen molar-refractivity contribution >= 4 is 5.91 Å². The van der Waals surface area contributed by atoms with Gasteiger partial charge < -0.3 is 5.32 Å². The van der Waals surface area contributed by atoms with Crippen molar-refractivity contribution in [3.8, 4) is 0 Å². The summed E-state index contributed by atoms with van der Waals surface area (Å²) in [7, 11) is 1.71. The lowest BCUT2D eigenvalue weighted by atomic mass is 10.0. The van der Waals surface area contributed by atoms with E-state index in [0.717, 1.165) is 6.42 Å². The zero-order chi connectivity index (χ0) is 16.2. The normalized spacial score (nSPS) is 9.90. The molecule has 0 aliphatic carbocycles. The molecule has 0 fully saturated rings. The van der Waals surface area contributed by atoms with Crippen LogP contribution in [0.5, 0.6) is 0 Å². The van der Waals surface area contributed by atoms with Gasteiger partial charge in [-0.05, 0) is 6.42 Å². The van der Waals surface area contributed by atoms with Crippen LogP contribution in [0.15, 0.2) is 0 Å². The van der Waals surface area contributed by atoms with Gasteiger partial charge in [0.1, 0.15) is 0 Å². The zero-order valence-electron chi connectivity index (χ0n) is 15.3. The van der Waals surface area contributed by atoms with E-state index < -0.39 is 0 Å². The van der Waals surface area contributed by atoms with Crippen molar-refractivity contribution in [3.63, 3.8) is 0 Å². The third kappa shape index (κ3) is 21.9. The highest BCUT2D eigenvalue weighted by Crippen LogP contribution is 2.12. The molecule has 1 amide bonds. The first-order valence-corrected chi connectivity index (χ1v) is 9.51. The highest BCUT2D eigenvalue weighted by molar-refractivity contribution is 5.75. The molecular formula is C19H41NO. The molecule has 1 N–H and O–H groups in total. The Hall–Kier alpha value is -0.530. The number of rotatable bonds is 14. The maximum atomic E-state index is 11.0. The van der Waals surface area contributed by atoms with Crippen LogP contribution in [0.3, 0.4) is 0 Å². The van der Waals surface area contributed by atoms with Gasteiger partial charge in [-0.2, -0.15) is 0 Å². The number of hydrogen-bond acceptors (Lipinski definition) is 1.